The van der Waals surface area contributed by atoms with Crippen molar-refractivity contribution in [2.75, 3.05) is 29.9 Å². The van der Waals surface area contributed by atoms with Crippen LogP contribution in [0, 0.1) is 0 Å². The molecule has 1 aliphatic heterocycles. The molecule has 0 aromatic heterocycles. The molecule has 0 saturated carbocycles. The van der Waals surface area contributed by atoms with Crippen molar-refractivity contribution in [3.05, 3.63) is 90.0 Å². The maximum absolute atomic E-state index is 12.2. The minimum atomic E-state index is -0.935. The van der Waals surface area contributed by atoms with Gasteiger partial charge in [-0.15, -0.1) is 0 Å². The van der Waals surface area contributed by atoms with Gasteiger partial charge in [0, 0.05) is 58.7 Å². The zero-order valence-corrected chi connectivity index (χ0v) is 24.5. The first-order chi connectivity index (χ1) is 19.8. The molecule has 0 spiro atoms. The maximum atomic E-state index is 12.2. The predicted molar refractivity (Wildman–Crippen MR) is 172 cm³/mol. The first-order valence-electron chi connectivity index (χ1n) is 14.3. The van der Waals surface area contributed by atoms with E-state index >= 15 is 0 Å². The molecule has 41 heavy (non-hydrogen) atoms. The Morgan fingerprint density at radius 2 is 1.66 bits per heavy atom. The molecule has 0 radical (unpaired) electrons. The van der Waals surface area contributed by atoms with Gasteiger partial charge in [-0.1, -0.05) is 75.7 Å². The Morgan fingerprint density at radius 3 is 2.32 bits per heavy atom. The monoisotopic (exact) mass is 549 g/mol. The number of amidine groups is 1. The van der Waals surface area contributed by atoms with Gasteiger partial charge in [-0.25, -0.2) is 9.79 Å². The Bertz CT molecular complexity index is 1610. The zero-order chi connectivity index (χ0) is 29.5. The number of carbonyl (C=O) groups excluding carboxylic acids is 1. The lowest BCUT2D eigenvalue weighted by Crippen LogP contribution is -2.30. The molecule has 0 fully saturated rings. The van der Waals surface area contributed by atoms with E-state index in [9.17, 15) is 9.59 Å². The molecule has 0 unspecified atom stereocenters. The molecule has 5 rings (SSSR count). The number of anilines is 2. The summed E-state index contributed by atoms with van der Waals surface area (Å²) in [5, 5.41) is 12.3. The third-order valence-electron chi connectivity index (χ3n) is 7.41. The van der Waals surface area contributed by atoms with E-state index in [-0.39, 0.29) is 5.57 Å². The Balaban J connectivity index is 0.000000585. The molecule has 212 valence electrons. The van der Waals surface area contributed by atoms with E-state index in [1.54, 1.807) is 0 Å². The average Bonchev–Trinajstić information content (AvgIpc) is 2.98. The van der Waals surface area contributed by atoms with Crippen LogP contribution in [0.15, 0.2) is 83.9 Å². The molecule has 6 heteroatoms. The summed E-state index contributed by atoms with van der Waals surface area (Å²) in [7, 11) is 2.07. The van der Waals surface area contributed by atoms with Gasteiger partial charge in [-0.05, 0) is 49.4 Å². The highest BCUT2D eigenvalue weighted by molar-refractivity contribution is 6.26. The number of aliphatic carboxylic acids is 1. The number of benzene rings is 4. The largest absolute Gasteiger partial charge is 0.478 e. The summed E-state index contributed by atoms with van der Waals surface area (Å²) >= 11 is 0. The number of carboxylic acids is 1. The molecule has 0 saturated heterocycles. The predicted octanol–water partition coefficient (Wildman–Crippen LogP) is 8.39. The maximum Gasteiger partial charge on any atom is 0.330 e. The molecular formula is C35H39N3O3. The molecule has 1 aliphatic rings. The summed E-state index contributed by atoms with van der Waals surface area (Å²) < 4.78 is 0. The summed E-state index contributed by atoms with van der Waals surface area (Å²) in [5.41, 5.74) is 5.18. The lowest BCUT2D eigenvalue weighted by atomic mass is 9.95. The van der Waals surface area contributed by atoms with Crippen molar-refractivity contribution in [3.8, 4) is 0 Å². The van der Waals surface area contributed by atoms with Crippen LogP contribution >= 0.6 is 0 Å². The summed E-state index contributed by atoms with van der Waals surface area (Å²) in [5.74, 6) is -0.0647. The molecule has 1 N–H and O–H groups in total. The van der Waals surface area contributed by atoms with Crippen molar-refractivity contribution in [2.24, 2.45) is 4.99 Å². The van der Waals surface area contributed by atoms with Crippen LogP contribution in [0.4, 0.5) is 17.1 Å². The highest BCUT2D eigenvalue weighted by atomic mass is 16.4. The van der Waals surface area contributed by atoms with Crippen molar-refractivity contribution in [1.82, 2.24) is 0 Å². The summed E-state index contributed by atoms with van der Waals surface area (Å²) in [6.45, 7) is 11.1. The Labute approximate surface area is 242 Å². The van der Waals surface area contributed by atoms with Crippen LogP contribution in [0.5, 0.6) is 0 Å². The van der Waals surface area contributed by atoms with E-state index in [1.807, 2.05) is 12.1 Å². The van der Waals surface area contributed by atoms with Gasteiger partial charge in [0.25, 0.3) is 0 Å². The van der Waals surface area contributed by atoms with E-state index in [4.69, 9.17) is 10.1 Å². The molecule has 0 atom stereocenters. The van der Waals surface area contributed by atoms with Crippen LogP contribution in [0.3, 0.4) is 0 Å². The number of unbranched alkanes of at least 4 members (excludes halogenated alkanes) is 2. The van der Waals surface area contributed by atoms with Crippen molar-refractivity contribution in [3.63, 3.8) is 0 Å². The molecule has 1 heterocycles. The number of fused-ring (bicyclic) bond motifs is 1. The van der Waals surface area contributed by atoms with Crippen LogP contribution < -0.4 is 9.80 Å². The lowest BCUT2D eigenvalue weighted by Gasteiger charge is -2.30. The highest BCUT2D eigenvalue weighted by Crippen LogP contribution is 2.41. The first kappa shape index (κ1) is 29.5. The fourth-order valence-corrected chi connectivity index (χ4v) is 5.37. The molecule has 0 amide bonds. The standard InChI is InChI=1S/C31H33N3O.C4H6O2/c1-4-6-7-20-34(19-5-2)27-18-17-25(29-23(21-35)13-8-14-24(27)29)31-32-26-15-9-11-22-12-10-16-28(30(22)26)33(31)3;1-3(2)4(5)6/h8-18,21H,4-7,19-20H2,1-3H3;1H2,2H3,(H,5,6). The number of aldehydes is 1. The number of nitrogens with zero attached hydrogens (tertiary/aromatic N) is 3. The zero-order valence-electron chi connectivity index (χ0n) is 24.5. The van der Waals surface area contributed by atoms with Crippen molar-refractivity contribution < 1.29 is 14.7 Å². The van der Waals surface area contributed by atoms with Crippen LogP contribution in [0.2, 0.25) is 0 Å². The number of carbonyl (C=O) groups is 2. The molecule has 0 bridgehead atoms. The number of carboxylic acid groups (broad SMARTS) is 1. The van der Waals surface area contributed by atoms with Crippen molar-refractivity contribution in [2.45, 2.75) is 46.5 Å². The third kappa shape index (κ3) is 6.17. The molecular weight excluding hydrogens is 510 g/mol. The Morgan fingerprint density at radius 1 is 0.951 bits per heavy atom. The minimum absolute atomic E-state index is 0.176. The number of hydrogen-bond acceptors (Lipinski definition) is 5. The number of aliphatic imine (C=N–C) groups is 1. The van der Waals surface area contributed by atoms with E-state index < -0.39 is 5.97 Å². The molecule has 4 aromatic carbocycles. The minimum Gasteiger partial charge on any atom is -0.478 e. The third-order valence-corrected chi connectivity index (χ3v) is 7.41. The first-order valence-corrected chi connectivity index (χ1v) is 14.3. The summed E-state index contributed by atoms with van der Waals surface area (Å²) in [6.07, 6.45) is 5.66. The second-order valence-electron chi connectivity index (χ2n) is 10.4. The molecule has 0 aliphatic carbocycles. The van der Waals surface area contributed by atoms with Gasteiger partial charge >= 0.3 is 5.97 Å². The number of hydrogen-bond donors (Lipinski definition) is 1. The number of rotatable bonds is 10. The second-order valence-corrected chi connectivity index (χ2v) is 10.4. The lowest BCUT2D eigenvalue weighted by molar-refractivity contribution is -0.132. The van der Waals surface area contributed by atoms with Crippen LogP contribution in [-0.2, 0) is 4.79 Å². The van der Waals surface area contributed by atoms with Gasteiger partial charge in [0.05, 0.1) is 11.4 Å². The van der Waals surface area contributed by atoms with Crippen LogP contribution in [0.25, 0.3) is 21.5 Å². The van der Waals surface area contributed by atoms with Gasteiger partial charge in [0.1, 0.15) is 5.84 Å². The van der Waals surface area contributed by atoms with Gasteiger partial charge in [0.2, 0.25) is 0 Å². The average molecular weight is 550 g/mol. The highest BCUT2D eigenvalue weighted by Gasteiger charge is 2.24. The fourth-order valence-electron chi connectivity index (χ4n) is 5.37. The van der Waals surface area contributed by atoms with E-state index in [2.05, 4.69) is 91.9 Å². The summed E-state index contributed by atoms with van der Waals surface area (Å²) in [4.78, 5) is 31.6. The topological polar surface area (TPSA) is 73.2 Å². The Hall–Kier alpha value is -4.45. The molecule has 6 nitrogen and oxygen atoms in total. The fraction of sp³-hybridized carbons (Fsp3) is 0.286. The SMILES string of the molecule is C=C(C)C(=O)O.CCCCCN(CCC)c1ccc(C2=Nc3cccc4cccc(c34)N2C)c2c(C=O)cccc12. The van der Waals surface area contributed by atoms with Crippen LogP contribution in [0.1, 0.15) is 62.4 Å². The van der Waals surface area contributed by atoms with E-state index in [0.717, 1.165) is 59.3 Å². The van der Waals surface area contributed by atoms with Crippen LogP contribution in [-0.4, -0.2) is 43.3 Å². The Kier molecular flexibility index (Phi) is 9.56. The quantitative estimate of drug-likeness (QED) is 0.122. The summed E-state index contributed by atoms with van der Waals surface area (Å²) in [6, 6.07) is 23.1. The van der Waals surface area contributed by atoms with E-state index in [0.29, 0.717) is 5.56 Å². The van der Waals surface area contributed by atoms with Crippen molar-refractivity contribution >= 4 is 56.7 Å². The van der Waals surface area contributed by atoms with Crippen molar-refractivity contribution in [1.29, 1.82) is 0 Å². The van der Waals surface area contributed by atoms with Gasteiger partial charge in [-0.2, -0.15) is 0 Å². The smallest absolute Gasteiger partial charge is 0.330 e. The normalized spacial score (nSPS) is 12.0. The molecule has 4 aromatic rings. The van der Waals surface area contributed by atoms with Gasteiger partial charge in [-0.3, -0.25) is 4.79 Å². The van der Waals surface area contributed by atoms with Gasteiger partial charge in [0.15, 0.2) is 6.29 Å². The van der Waals surface area contributed by atoms with Gasteiger partial charge < -0.3 is 14.9 Å². The second kappa shape index (κ2) is 13.3. The van der Waals surface area contributed by atoms with E-state index in [1.165, 1.54) is 42.6 Å².